The standard InChI is InChI=1S/C17H21N3O4/c1-4-24-12-9-17(15(22)23,16(12,2)3)19-14(21)11-10-20-8-6-5-7-13(20)18-11/h5-8,10,12H,4,9H2,1-3H3,(H,19,21)(H,22,23)/t12-,17+/m0/s1. The molecule has 0 radical (unpaired) electrons. The molecule has 3 rings (SSSR count). The molecule has 1 aliphatic carbocycles. The summed E-state index contributed by atoms with van der Waals surface area (Å²) < 4.78 is 7.32. The lowest BCUT2D eigenvalue weighted by Gasteiger charge is -2.58. The molecule has 0 aromatic carbocycles. The number of nitrogens with one attached hydrogen (secondary N) is 1. The van der Waals surface area contributed by atoms with Crippen LogP contribution in [-0.4, -0.2) is 44.6 Å². The summed E-state index contributed by atoms with van der Waals surface area (Å²) in [6.45, 7) is 5.97. The van der Waals surface area contributed by atoms with E-state index < -0.39 is 22.8 Å². The number of nitrogens with zero attached hydrogens (tertiary/aromatic N) is 2. The molecular weight excluding hydrogens is 310 g/mol. The number of rotatable bonds is 5. The van der Waals surface area contributed by atoms with Gasteiger partial charge in [-0.1, -0.05) is 19.9 Å². The largest absolute Gasteiger partial charge is 0.479 e. The van der Waals surface area contributed by atoms with E-state index in [4.69, 9.17) is 4.74 Å². The molecule has 2 aromatic heterocycles. The van der Waals surface area contributed by atoms with Gasteiger partial charge in [-0.3, -0.25) is 4.79 Å². The van der Waals surface area contributed by atoms with Crippen molar-refractivity contribution in [2.75, 3.05) is 6.61 Å². The van der Waals surface area contributed by atoms with Crippen LogP contribution < -0.4 is 5.32 Å². The molecule has 2 aromatic rings. The second kappa shape index (κ2) is 5.59. The van der Waals surface area contributed by atoms with Gasteiger partial charge in [0.15, 0.2) is 0 Å². The summed E-state index contributed by atoms with van der Waals surface area (Å²) in [4.78, 5) is 28.7. The fraction of sp³-hybridized carbons (Fsp3) is 0.471. The van der Waals surface area contributed by atoms with E-state index in [0.29, 0.717) is 12.3 Å². The number of aromatic nitrogens is 2. The lowest BCUT2D eigenvalue weighted by Crippen LogP contribution is -2.76. The van der Waals surface area contributed by atoms with E-state index in [2.05, 4.69) is 10.3 Å². The average Bonchev–Trinajstić information content (AvgIpc) is 2.97. The van der Waals surface area contributed by atoms with Gasteiger partial charge in [-0.2, -0.15) is 0 Å². The molecule has 2 atom stereocenters. The molecule has 1 saturated carbocycles. The van der Waals surface area contributed by atoms with Gasteiger partial charge in [0.05, 0.1) is 6.10 Å². The number of ether oxygens (including phenoxy) is 1. The van der Waals surface area contributed by atoms with Crippen LogP contribution in [-0.2, 0) is 9.53 Å². The number of hydrogen-bond acceptors (Lipinski definition) is 4. The molecule has 0 unspecified atom stereocenters. The Balaban J connectivity index is 1.87. The van der Waals surface area contributed by atoms with E-state index in [0.717, 1.165) is 0 Å². The van der Waals surface area contributed by atoms with Gasteiger partial charge in [-0.25, -0.2) is 9.78 Å². The van der Waals surface area contributed by atoms with Crippen LogP contribution in [0.4, 0.5) is 0 Å². The van der Waals surface area contributed by atoms with Gasteiger partial charge in [0, 0.05) is 30.8 Å². The zero-order chi connectivity index (χ0) is 17.5. The van der Waals surface area contributed by atoms with Crippen LogP contribution in [0.25, 0.3) is 5.65 Å². The Kier molecular flexibility index (Phi) is 3.83. The summed E-state index contributed by atoms with van der Waals surface area (Å²) in [6.07, 6.45) is 3.40. The first-order valence-corrected chi connectivity index (χ1v) is 7.93. The first-order chi connectivity index (χ1) is 11.3. The highest BCUT2D eigenvalue weighted by Gasteiger charge is 2.66. The Morgan fingerprint density at radius 2 is 2.21 bits per heavy atom. The zero-order valence-electron chi connectivity index (χ0n) is 13.9. The van der Waals surface area contributed by atoms with Crippen LogP contribution >= 0.6 is 0 Å². The maximum Gasteiger partial charge on any atom is 0.330 e. The number of pyridine rings is 1. The Labute approximate surface area is 139 Å². The van der Waals surface area contributed by atoms with Gasteiger partial charge >= 0.3 is 5.97 Å². The van der Waals surface area contributed by atoms with Crippen LogP contribution in [0, 0.1) is 5.41 Å². The van der Waals surface area contributed by atoms with Crippen molar-refractivity contribution < 1.29 is 19.4 Å². The van der Waals surface area contributed by atoms with Crippen LogP contribution in [0.5, 0.6) is 0 Å². The molecule has 0 saturated heterocycles. The number of amides is 1. The average molecular weight is 331 g/mol. The van der Waals surface area contributed by atoms with E-state index in [1.54, 1.807) is 36.7 Å². The minimum Gasteiger partial charge on any atom is -0.479 e. The number of carboxylic acids is 1. The van der Waals surface area contributed by atoms with Crippen LogP contribution in [0.2, 0.25) is 0 Å². The molecule has 1 amide bonds. The van der Waals surface area contributed by atoms with Gasteiger partial charge in [0.1, 0.15) is 16.9 Å². The van der Waals surface area contributed by atoms with Crippen molar-refractivity contribution in [3.63, 3.8) is 0 Å². The molecule has 2 heterocycles. The van der Waals surface area contributed by atoms with Gasteiger partial charge in [-0.05, 0) is 19.1 Å². The molecular formula is C17H21N3O4. The van der Waals surface area contributed by atoms with E-state index in [-0.39, 0.29) is 18.2 Å². The third-order valence-electron chi connectivity index (χ3n) is 5.05. The predicted molar refractivity (Wildman–Crippen MR) is 86.8 cm³/mol. The number of imidazole rings is 1. The fourth-order valence-electron chi connectivity index (χ4n) is 3.34. The first kappa shape index (κ1) is 16.4. The van der Waals surface area contributed by atoms with Crippen molar-refractivity contribution in [1.82, 2.24) is 14.7 Å². The SMILES string of the molecule is CCO[C@H]1C[C@@](NC(=O)c2cn3ccccc3n2)(C(=O)O)C1(C)C. The number of carbonyl (C=O) groups excluding carboxylic acids is 1. The highest BCUT2D eigenvalue weighted by Crippen LogP contribution is 2.51. The van der Waals surface area contributed by atoms with Crippen LogP contribution in [0.3, 0.4) is 0 Å². The lowest BCUT2D eigenvalue weighted by molar-refractivity contribution is -0.190. The van der Waals surface area contributed by atoms with Crippen molar-refractivity contribution in [2.24, 2.45) is 5.41 Å². The molecule has 7 nitrogen and oxygen atoms in total. The van der Waals surface area contributed by atoms with Crippen molar-refractivity contribution in [1.29, 1.82) is 0 Å². The van der Waals surface area contributed by atoms with E-state index in [1.807, 2.05) is 19.1 Å². The lowest BCUT2D eigenvalue weighted by atomic mass is 9.54. The number of carboxylic acid groups (broad SMARTS) is 1. The van der Waals surface area contributed by atoms with Crippen molar-refractivity contribution in [2.45, 2.75) is 38.8 Å². The third kappa shape index (κ3) is 2.27. The normalized spacial score (nSPS) is 25.2. The summed E-state index contributed by atoms with van der Waals surface area (Å²) in [6, 6.07) is 5.43. The number of aliphatic carboxylic acids is 1. The number of hydrogen-bond donors (Lipinski definition) is 2. The quantitative estimate of drug-likeness (QED) is 0.870. The summed E-state index contributed by atoms with van der Waals surface area (Å²) in [7, 11) is 0. The highest BCUT2D eigenvalue weighted by atomic mass is 16.5. The maximum atomic E-state index is 12.6. The first-order valence-electron chi connectivity index (χ1n) is 7.93. The minimum absolute atomic E-state index is 0.192. The Bertz CT molecular complexity index is 765. The summed E-state index contributed by atoms with van der Waals surface area (Å²) >= 11 is 0. The molecule has 0 bridgehead atoms. The molecule has 2 N–H and O–H groups in total. The van der Waals surface area contributed by atoms with Gasteiger partial charge in [-0.15, -0.1) is 0 Å². The summed E-state index contributed by atoms with van der Waals surface area (Å²) in [5, 5.41) is 12.4. The second-order valence-corrected chi connectivity index (χ2v) is 6.63. The molecule has 24 heavy (non-hydrogen) atoms. The van der Waals surface area contributed by atoms with Crippen LogP contribution in [0.15, 0.2) is 30.6 Å². The Hall–Kier alpha value is -2.41. The predicted octanol–water partition coefficient (Wildman–Crippen LogP) is 1.72. The highest BCUT2D eigenvalue weighted by molar-refractivity contribution is 5.97. The molecule has 128 valence electrons. The van der Waals surface area contributed by atoms with Crippen molar-refractivity contribution in [3.8, 4) is 0 Å². The third-order valence-corrected chi connectivity index (χ3v) is 5.05. The van der Waals surface area contributed by atoms with Gasteiger partial charge in [0.2, 0.25) is 0 Å². The zero-order valence-corrected chi connectivity index (χ0v) is 13.9. The summed E-state index contributed by atoms with van der Waals surface area (Å²) in [5.74, 6) is -1.55. The van der Waals surface area contributed by atoms with Crippen molar-refractivity contribution >= 4 is 17.5 Å². The van der Waals surface area contributed by atoms with Gasteiger partial charge in [0.25, 0.3) is 5.91 Å². The van der Waals surface area contributed by atoms with Gasteiger partial charge < -0.3 is 19.6 Å². The monoisotopic (exact) mass is 331 g/mol. The molecule has 0 spiro atoms. The smallest absolute Gasteiger partial charge is 0.330 e. The van der Waals surface area contributed by atoms with E-state index in [9.17, 15) is 14.7 Å². The minimum atomic E-state index is -1.36. The Morgan fingerprint density at radius 1 is 1.46 bits per heavy atom. The molecule has 7 heteroatoms. The number of carbonyl (C=O) groups is 2. The summed E-state index contributed by atoms with van der Waals surface area (Å²) in [5.41, 5.74) is -1.26. The molecule has 1 fully saturated rings. The van der Waals surface area contributed by atoms with E-state index >= 15 is 0 Å². The van der Waals surface area contributed by atoms with Crippen molar-refractivity contribution in [3.05, 3.63) is 36.3 Å². The second-order valence-electron chi connectivity index (χ2n) is 6.63. The number of fused-ring (bicyclic) bond motifs is 1. The topological polar surface area (TPSA) is 92.9 Å². The van der Waals surface area contributed by atoms with E-state index in [1.165, 1.54) is 0 Å². The van der Waals surface area contributed by atoms with Crippen LogP contribution in [0.1, 0.15) is 37.7 Å². The Morgan fingerprint density at radius 3 is 2.79 bits per heavy atom. The molecule has 0 aliphatic heterocycles. The molecule has 1 aliphatic rings. The maximum absolute atomic E-state index is 12.6. The fourth-order valence-corrected chi connectivity index (χ4v) is 3.34.